The molecule has 4 heteroatoms. The third kappa shape index (κ3) is 2.11. The molecule has 0 aromatic rings. The van der Waals surface area contributed by atoms with Crippen LogP contribution in [0.4, 0.5) is 0 Å². The first-order valence-electron chi connectivity index (χ1n) is 6.42. The maximum absolute atomic E-state index is 12.4. The Kier molecular flexibility index (Phi) is 3.13. The van der Waals surface area contributed by atoms with E-state index in [1.807, 2.05) is 20.8 Å². The standard InChI is InChI=1S/C14H19NO3/c1-14(2,3)13(18)9-5-4-6-10(9)15-11(16)7-8-12(15)17/h7-10H,4-6H2,1-3H3/t9-,10-/m0/s1. The SMILES string of the molecule is CC(C)(C)C(=O)[C@H]1CCC[C@@H]1N1C(=O)C=CC1=O. The Hall–Kier alpha value is -1.45. The van der Waals surface area contributed by atoms with Crippen molar-refractivity contribution in [1.29, 1.82) is 0 Å². The zero-order chi connectivity index (χ0) is 13.5. The fourth-order valence-corrected chi connectivity index (χ4v) is 2.85. The van der Waals surface area contributed by atoms with Crippen molar-refractivity contribution in [1.82, 2.24) is 4.90 Å². The van der Waals surface area contributed by atoms with Crippen molar-refractivity contribution in [2.75, 3.05) is 0 Å². The summed E-state index contributed by atoms with van der Waals surface area (Å²) in [6.07, 6.45) is 5.00. The van der Waals surface area contributed by atoms with Gasteiger partial charge in [-0.2, -0.15) is 0 Å². The lowest BCUT2D eigenvalue weighted by atomic mass is 9.80. The van der Waals surface area contributed by atoms with Gasteiger partial charge in [-0.25, -0.2) is 0 Å². The van der Waals surface area contributed by atoms with E-state index in [0.29, 0.717) is 0 Å². The van der Waals surface area contributed by atoms with E-state index in [9.17, 15) is 14.4 Å². The third-order valence-corrected chi connectivity index (χ3v) is 3.73. The number of hydrogen-bond acceptors (Lipinski definition) is 3. The number of carbonyl (C=O) groups excluding carboxylic acids is 3. The molecule has 98 valence electrons. The molecule has 2 amide bonds. The van der Waals surface area contributed by atoms with E-state index in [-0.39, 0.29) is 29.6 Å². The smallest absolute Gasteiger partial charge is 0.253 e. The predicted molar refractivity (Wildman–Crippen MR) is 66.6 cm³/mol. The number of rotatable bonds is 2. The molecule has 2 atom stereocenters. The Balaban J connectivity index is 2.21. The van der Waals surface area contributed by atoms with Gasteiger partial charge in [-0.3, -0.25) is 19.3 Å². The highest BCUT2D eigenvalue weighted by atomic mass is 16.2. The van der Waals surface area contributed by atoms with Crippen molar-refractivity contribution < 1.29 is 14.4 Å². The van der Waals surface area contributed by atoms with Crippen LogP contribution in [0.1, 0.15) is 40.0 Å². The molecule has 0 radical (unpaired) electrons. The number of Topliss-reactive ketones (excluding diaryl/α,β-unsaturated/α-hetero) is 1. The van der Waals surface area contributed by atoms with Gasteiger partial charge in [0.15, 0.2) is 0 Å². The molecule has 0 spiro atoms. The van der Waals surface area contributed by atoms with Gasteiger partial charge < -0.3 is 0 Å². The molecular formula is C14H19NO3. The average Bonchev–Trinajstić information content (AvgIpc) is 2.83. The number of ketones is 1. The number of nitrogens with zero attached hydrogens (tertiary/aromatic N) is 1. The lowest BCUT2D eigenvalue weighted by molar-refractivity contribution is -0.142. The van der Waals surface area contributed by atoms with Crippen LogP contribution in [0.2, 0.25) is 0 Å². The Bertz CT molecular complexity index is 413. The fourth-order valence-electron chi connectivity index (χ4n) is 2.85. The number of imide groups is 1. The summed E-state index contributed by atoms with van der Waals surface area (Å²) >= 11 is 0. The summed E-state index contributed by atoms with van der Waals surface area (Å²) in [4.78, 5) is 37.0. The van der Waals surface area contributed by atoms with Gasteiger partial charge in [-0.1, -0.05) is 27.2 Å². The zero-order valence-electron chi connectivity index (χ0n) is 11.1. The highest BCUT2D eigenvalue weighted by Crippen LogP contribution is 2.36. The van der Waals surface area contributed by atoms with Crippen molar-refractivity contribution in [3.63, 3.8) is 0 Å². The number of amides is 2. The summed E-state index contributed by atoms with van der Waals surface area (Å²) in [5.41, 5.74) is -0.424. The molecule has 2 rings (SSSR count). The molecule has 18 heavy (non-hydrogen) atoms. The van der Waals surface area contributed by atoms with E-state index in [0.717, 1.165) is 19.3 Å². The molecule has 0 aromatic carbocycles. The van der Waals surface area contributed by atoms with Crippen LogP contribution in [-0.4, -0.2) is 28.5 Å². The molecule has 1 saturated carbocycles. The highest BCUT2D eigenvalue weighted by Gasteiger charge is 2.44. The van der Waals surface area contributed by atoms with E-state index < -0.39 is 5.41 Å². The van der Waals surface area contributed by atoms with E-state index in [1.54, 1.807) is 0 Å². The molecule has 0 N–H and O–H groups in total. The first-order valence-corrected chi connectivity index (χ1v) is 6.42. The lowest BCUT2D eigenvalue weighted by Gasteiger charge is -2.30. The molecule has 4 nitrogen and oxygen atoms in total. The van der Waals surface area contributed by atoms with Gasteiger partial charge in [-0.15, -0.1) is 0 Å². The van der Waals surface area contributed by atoms with E-state index in [2.05, 4.69) is 0 Å². The van der Waals surface area contributed by atoms with Crippen LogP contribution in [0.5, 0.6) is 0 Å². The lowest BCUT2D eigenvalue weighted by Crippen LogP contribution is -2.46. The average molecular weight is 249 g/mol. The molecule has 1 fully saturated rings. The highest BCUT2D eigenvalue weighted by molar-refractivity contribution is 6.13. The van der Waals surface area contributed by atoms with Crippen LogP contribution in [0, 0.1) is 11.3 Å². The summed E-state index contributed by atoms with van der Waals surface area (Å²) in [5.74, 6) is -0.604. The van der Waals surface area contributed by atoms with Gasteiger partial charge in [0.2, 0.25) is 0 Å². The Labute approximate surface area is 107 Å². The minimum absolute atomic E-state index is 0.150. The summed E-state index contributed by atoms with van der Waals surface area (Å²) in [5, 5.41) is 0. The van der Waals surface area contributed by atoms with Crippen molar-refractivity contribution in [2.24, 2.45) is 11.3 Å². The molecule has 1 aliphatic heterocycles. The molecule has 0 unspecified atom stereocenters. The first-order chi connectivity index (χ1) is 8.32. The summed E-state index contributed by atoms with van der Waals surface area (Å²) < 4.78 is 0. The Morgan fingerprint density at radius 3 is 2.22 bits per heavy atom. The predicted octanol–water partition coefficient (Wildman–Crippen LogP) is 1.70. The normalized spacial score (nSPS) is 28.3. The maximum atomic E-state index is 12.4. The van der Waals surface area contributed by atoms with Gasteiger partial charge in [0.1, 0.15) is 5.78 Å². The summed E-state index contributed by atoms with van der Waals surface area (Å²) in [7, 11) is 0. The van der Waals surface area contributed by atoms with Gasteiger partial charge in [0, 0.05) is 23.5 Å². The Morgan fingerprint density at radius 2 is 1.72 bits per heavy atom. The number of carbonyl (C=O) groups is 3. The van der Waals surface area contributed by atoms with Gasteiger partial charge in [0.05, 0.1) is 6.04 Å². The van der Waals surface area contributed by atoms with Crippen LogP contribution in [0.15, 0.2) is 12.2 Å². The minimum Gasteiger partial charge on any atom is -0.299 e. The van der Waals surface area contributed by atoms with Gasteiger partial charge in [0.25, 0.3) is 11.8 Å². The van der Waals surface area contributed by atoms with Crippen LogP contribution in [0.3, 0.4) is 0 Å². The molecule has 1 heterocycles. The molecule has 1 aliphatic carbocycles. The van der Waals surface area contributed by atoms with Gasteiger partial charge >= 0.3 is 0 Å². The largest absolute Gasteiger partial charge is 0.299 e. The van der Waals surface area contributed by atoms with Crippen molar-refractivity contribution in [2.45, 2.75) is 46.1 Å². The van der Waals surface area contributed by atoms with Crippen LogP contribution in [-0.2, 0) is 14.4 Å². The fraction of sp³-hybridized carbons (Fsp3) is 0.643. The minimum atomic E-state index is -0.424. The van der Waals surface area contributed by atoms with Crippen LogP contribution in [0.25, 0.3) is 0 Å². The van der Waals surface area contributed by atoms with Crippen molar-refractivity contribution >= 4 is 17.6 Å². The van der Waals surface area contributed by atoms with E-state index in [4.69, 9.17) is 0 Å². The van der Waals surface area contributed by atoms with Crippen molar-refractivity contribution in [3.8, 4) is 0 Å². The topological polar surface area (TPSA) is 54.5 Å². The van der Waals surface area contributed by atoms with E-state index in [1.165, 1.54) is 17.1 Å². The monoisotopic (exact) mass is 249 g/mol. The Morgan fingerprint density at radius 1 is 1.17 bits per heavy atom. The van der Waals surface area contributed by atoms with Crippen LogP contribution >= 0.6 is 0 Å². The first kappa shape index (κ1) is 13.0. The second kappa shape index (κ2) is 4.34. The summed E-state index contributed by atoms with van der Waals surface area (Å²) in [6.45, 7) is 5.66. The zero-order valence-corrected chi connectivity index (χ0v) is 11.1. The maximum Gasteiger partial charge on any atom is 0.253 e. The van der Waals surface area contributed by atoms with Crippen LogP contribution < -0.4 is 0 Å². The molecule has 0 saturated heterocycles. The summed E-state index contributed by atoms with van der Waals surface area (Å²) in [6, 6.07) is -0.244. The third-order valence-electron chi connectivity index (χ3n) is 3.73. The molecular weight excluding hydrogens is 230 g/mol. The second-order valence-electron chi connectivity index (χ2n) is 6.10. The molecule has 0 bridgehead atoms. The van der Waals surface area contributed by atoms with Gasteiger partial charge in [-0.05, 0) is 12.8 Å². The molecule has 0 aromatic heterocycles. The molecule has 2 aliphatic rings. The van der Waals surface area contributed by atoms with E-state index >= 15 is 0 Å². The quantitative estimate of drug-likeness (QED) is 0.700. The second-order valence-corrected chi connectivity index (χ2v) is 6.10. The number of hydrogen-bond donors (Lipinski definition) is 0. The van der Waals surface area contributed by atoms with Crippen molar-refractivity contribution in [3.05, 3.63) is 12.2 Å².